The third kappa shape index (κ3) is 8.44. The molecule has 0 aliphatic heterocycles. The monoisotopic (exact) mass is 258 g/mol. The van der Waals surface area contributed by atoms with Crippen molar-refractivity contribution >= 4 is 8.32 Å². The van der Waals surface area contributed by atoms with Gasteiger partial charge in [0.15, 0.2) is 0 Å². The van der Waals surface area contributed by atoms with Crippen LogP contribution in [0.25, 0.3) is 0 Å². The summed E-state index contributed by atoms with van der Waals surface area (Å²) in [6, 6.07) is 0. The first-order valence-electron chi connectivity index (χ1n) is 6.62. The Morgan fingerprint density at radius 1 is 1.24 bits per heavy atom. The lowest BCUT2D eigenvalue weighted by atomic mass is 10.1. The minimum absolute atomic E-state index is 0.0942. The third-order valence-corrected chi connectivity index (χ3v) is 2.92. The molecule has 17 heavy (non-hydrogen) atoms. The first-order valence-corrected chi connectivity index (χ1v) is 10.0. The molecule has 2 nitrogen and oxygen atoms in total. The van der Waals surface area contributed by atoms with Crippen molar-refractivity contribution in [2.45, 2.75) is 78.8 Å². The Bertz CT molecular complexity index is 246. The molecular weight excluding hydrogens is 228 g/mol. The summed E-state index contributed by atoms with van der Waals surface area (Å²) in [5.41, 5.74) is -0.128. The van der Waals surface area contributed by atoms with Gasteiger partial charge in [-0.1, -0.05) is 13.3 Å². The molecule has 0 bridgehead atoms. The first kappa shape index (κ1) is 16.7. The Balaban J connectivity index is 4.77. The second-order valence-electron chi connectivity index (χ2n) is 6.41. The molecule has 0 aliphatic rings. The van der Waals surface area contributed by atoms with E-state index in [2.05, 4.69) is 53.4 Å². The van der Waals surface area contributed by atoms with Crippen LogP contribution in [0.1, 0.15) is 47.5 Å². The maximum Gasteiger partial charge on any atom is 0.241 e. The van der Waals surface area contributed by atoms with Crippen LogP contribution in [0.5, 0.6) is 0 Å². The lowest BCUT2D eigenvalue weighted by Gasteiger charge is -2.32. The van der Waals surface area contributed by atoms with E-state index in [0.717, 1.165) is 18.6 Å². The van der Waals surface area contributed by atoms with Gasteiger partial charge < -0.3 is 9.16 Å². The largest absolute Gasteiger partial charge is 0.546 e. The van der Waals surface area contributed by atoms with Gasteiger partial charge in [-0.3, -0.25) is 0 Å². The van der Waals surface area contributed by atoms with E-state index in [4.69, 9.17) is 9.16 Å². The fraction of sp³-hybridized carbons (Fsp3) is 0.857. The molecule has 0 unspecified atom stereocenters. The zero-order valence-electron chi connectivity index (χ0n) is 12.9. The number of ether oxygens (including phenoxy) is 1. The number of hydrogen-bond acceptors (Lipinski definition) is 2. The second-order valence-corrected chi connectivity index (χ2v) is 10.8. The van der Waals surface area contributed by atoms with Crippen LogP contribution in [0.3, 0.4) is 0 Å². The SMILES string of the molecule is CC=C(O[Si](C)(C)C)[C@@H](CCC)OC(C)(C)C. The lowest BCUT2D eigenvalue weighted by Crippen LogP contribution is -2.34. The van der Waals surface area contributed by atoms with E-state index in [1.165, 1.54) is 0 Å². The van der Waals surface area contributed by atoms with Crippen molar-refractivity contribution in [2.75, 3.05) is 0 Å². The van der Waals surface area contributed by atoms with Crippen LogP contribution in [0, 0.1) is 0 Å². The van der Waals surface area contributed by atoms with E-state index in [0.29, 0.717) is 0 Å². The van der Waals surface area contributed by atoms with Gasteiger partial charge in [-0.05, 0) is 59.8 Å². The maximum absolute atomic E-state index is 6.12. The molecule has 0 aromatic heterocycles. The van der Waals surface area contributed by atoms with Crippen LogP contribution in [-0.4, -0.2) is 20.0 Å². The molecule has 102 valence electrons. The summed E-state index contributed by atoms with van der Waals surface area (Å²) in [6.07, 6.45) is 4.27. The van der Waals surface area contributed by atoms with Crippen molar-refractivity contribution in [3.63, 3.8) is 0 Å². The Labute approximate surface area is 109 Å². The second kappa shape index (κ2) is 6.60. The molecular formula is C14H30O2Si. The average Bonchev–Trinajstić information content (AvgIpc) is 2.10. The van der Waals surface area contributed by atoms with Crippen molar-refractivity contribution in [3.8, 4) is 0 Å². The van der Waals surface area contributed by atoms with Crippen molar-refractivity contribution in [1.29, 1.82) is 0 Å². The van der Waals surface area contributed by atoms with Crippen molar-refractivity contribution in [1.82, 2.24) is 0 Å². The molecule has 0 saturated carbocycles. The molecule has 0 amide bonds. The van der Waals surface area contributed by atoms with Crippen LogP contribution in [-0.2, 0) is 9.16 Å². The molecule has 0 N–H and O–H groups in total. The van der Waals surface area contributed by atoms with Gasteiger partial charge in [-0.25, -0.2) is 0 Å². The molecule has 0 fully saturated rings. The van der Waals surface area contributed by atoms with Gasteiger partial charge in [-0.15, -0.1) is 0 Å². The Kier molecular flexibility index (Phi) is 6.49. The van der Waals surface area contributed by atoms with E-state index < -0.39 is 8.32 Å². The fourth-order valence-electron chi connectivity index (χ4n) is 1.61. The molecule has 3 heteroatoms. The number of allylic oxidation sites excluding steroid dienone is 1. The zero-order chi connectivity index (χ0) is 13.7. The van der Waals surface area contributed by atoms with E-state index in [1.807, 2.05) is 6.92 Å². The minimum atomic E-state index is -1.56. The maximum atomic E-state index is 6.12. The van der Waals surface area contributed by atoms with Crippen LogP contribution in [0.15, 0.2) is 11.8 Å². The van der Waals surface area contributed by atoms with Gasteiger partial charge in [0.2, 0.25) is 8.32 Å². The highest BCUT2D eigenvalue weighted by atomic mass is 28.4. The smallest absolute Gasteiger partial charge is 0.241 e. The van der Waals surface area contributed by atoms with E-state index >= 15 is 0 Å². The summed E-state index contributed by atoms with van der Waals surface area (Å²) in [5, 5.41) is 0. The molecule has 0 aromatic rings. The summed E-state index contributed by atoms with van der Waals surface area (Å²) in [6.45, 7) is 17.1. The Morgan fingerprint density at radius 2 is 1.76 bits per heavy atom. The molecule has 0 radical (unpaired) electrons. The molecule has 0 spiro atoms. The van der Waals surface area contributed by atoms with Crippen LogP contribution in [0.2, 0.25) is 19.6 Å². The summed E-state index contributed by atoms with van der Waals surface area (Å²) >= 11 is 0. The topological polar surface area (TPSA) is 18.5 Å². The normalized spacial score (nSPS) is 15.9. The standard InChI is InChI=1S/C14H30O2Si/c1-9-11-13(15-14(3,4)5)12(10-2)16-17(6,7)8/h10,13H,9,11H2,1-8H3/t13-/m1/s1. The molecule has 0 aromatic carbocycles. The highest BCUT2D eigenvalue weighted by Gasteiger charge is 2.26. The highest BCUT2D eigenvalue weighted by Crippen LogP contribution is 2.24. The molecule has 0 heterocycles. The summed E-state index contributed by atoms with van der Waals surface area (Å²) < 4.78 is 12.2. The minimum Gasteiger partial charge on any atom is -0.546 e. The van der Waals surface area contributed by atoms with Gasteiger partial charge in [0.1, 0.15) is 11.9 Å². The van der Waals surface area contributed by atoms with Gasteiger partial charge in [0.05, 0.1) is 5.60 Å². The van der Waals surface area contributed by atoms with Crippen molar-refractivity contribution in [2.24, 2.45) is 0 Å². The van der Waals surface area contributed by atoms with E-state index in [1.54, 1.807) is 0 Å². The number of hydrogen-bond donors (Lipinski definition) is 0. The summed E-state index contributed by atoms with van der Waals surface area (Å²) in [4.78, 5) is 0. The average molecular weight is 258 g/mol. The van der Waals surface area contributed by atoms with Gasteiger partial charge in [0, 0.05) is 0 Å². The Hall–Kier alpha value is -0.283. The summed E-state index contributed by atoms with van der Waals surface area (Å²) in [5.74, 6) is 1.01. The number of rotatable bonds is 6. The molecule has 0 saturated heterocycles. The van der Waals surface area contributed by atoms with Crippen molar-refractivity contribution in [3.05, 3.63) is 11.8 Å². The quantitative estimate of drug-likeness (QED) is 0.507. The van der Waals surface area contributed by atoms with Crippen LogP contribution in [0.4, 0.5) is 0 Å². The predicted octanol–water partition coefficient (Wildman–Crippen LogP) is 4.73. The van der Waals surface area contributed by atoms with Gasteiger partial charge in [-0.2, -0.15) is 0 Å². The van der Waals surface area contributed by atoms with Crippen molar-refractivity contribution < 1.29 is 9.16 Å². The first-order chi connectivity index (χ1) is 7.59. The highest BCUT2D eigenvalue weighted by molar-refractivity contribution is 6.70. The third-order valence-electron chi connectivity index (χ3n) is 2.07. The van der Waals surface area contributed by atoms with Crippen LogP contribution < -0.4 is 0 Å². The van der Waals surface area contributed by atoms with E-state index in [-0.39, 0.29) is 11.7 Å². The van der Waals surface area contributed by atoms with E-state index in [9.17, 15) is 0 Å². The molecule has 0 rings (SSSR count). The van der Waals surface area contributed by atoms with Crippen LogP contribution >= 0.6 is 0 Å². The lowest BCUT2D eigenvalue weighted by molar-refractivity contribution is -0.0596. The van der Waals surface area contributed by atoms with Gasteiger partial charge in [0.25, 0.3) is 0 Å². The zero-order valence-corrected chi connectivity index (χ0v) is 13.9. The predicted molar refractivity (Wildman–Crippen MR) is 77.7 cm³/mol. The fourth-order valence-corrected chi connectivity index (χ4v) is 2.57. The molecule has 0 aliphatic carbocycles. The Morgan fingerprint density at radius 3 is 2.06 bits per heavy atom. The van der Waals surface area contributed by atoms with Gasteiger partial charge >= 0.3 is 0 Å². The summed E-state index contributed by atoms with van der Waals surface area (Å²) in [7, 11) is -1.56. The molecule has 1 atom stereocenters.